The van der Waals surface area contributed by atoms with E-state index in [9.17, 15) is 4.79 Å². The Labute approximate surface area is 164 Å². The van der Waals surface area contributed by atoms with Gasteiger partial charge in [0.1, 0.15) is 0 Å². The second kappa shape index (κ2) is 6.89. The summed E-state index contributed by atoms with van der Waals surface area (Å²) in [5.74, 6) is 0.280. The minimum Gasteiger partial charge on any atom is -0.413 e. The van der Waals surface area contributed by atoms with Crippen molar-refractivity contribution in [3.8, 4) is 0 Å². The fourth-order valence-corrected chi connectivity index (χ4v) is 7.55. The molecule has 0 N–H and O–H groups in total. The van der Waals surface area contributed by atoms with Crippen molar-refractivity contribution >= 4 is 22.5 Å². The molecule has 3 nitrogen and oxygen atoms in total. The van der Waals surface area contributed by atoms with Crippen LogP contribution in [0.3, 0.4) is 0 Å². The number of carbonyl (C=O) groups is 1. The van der Waals surface area contributed by atoms with Crippen LogP contribution in [0.4, 0.5) is 0 Å². The lowest BCUT2D eigenvalue weighted by atomic mass is 9.69. The van der Waals surface area contributed by atoms with Gasteiger partial charge in [0, 0.05) is 6.04 Å². The van der Waals surface area contributed by atoms with Crippen LogP contribution in [-0.4, -0.2) is 39.2 Å². The van der Waals surface area contributed by atoms with E-state index < -0.39 is 22.0 Å². The molecule has 26 heavy (non-hydrogen) atoms. The molecule has 1 amide bonds. The quantitative estimate of drug-likeness (QED) is 0.303. The minimum absolute atomic E-state index is 0.0816. The first-order chi connectivity index (χ1) is 11.4. The van der Waals surface area contributed by atoms with Crippen molar-refractivity contribution in [2.24, 2.45) is 5.41 Å². The molecule has 0 saturated carbocycles. The molecular weight excluding hydrogens is 354 g/mol. The van der Waals surface area contributed by atoms with Gasteiger partial charge in [-0.25, -0.2) is 0 Å². The van der Waals surface area contributed by atoms with Crippen LogP contribution in [-0.2, 0) is 9.22 Å². The van der Waals surface area contributed by atoms with Crippen molar-refractivity contribution < 1.29 is 9.22 Å². The van der Waals surface area contributed by atoms with Crippen LogP contribution in [0.1, 0.15) is 61.8 Å². The molecule has 1 aliphatic heterocycles. The third-order valence-corrected chi connectivity index (χ3v) is 17.6. The van der Waals surface area contributed by atoms with E-state index in [1.54, 1.807) is 0 Å². The molecule has 0 bridgehead atoms. The highest BCUT2D eigenvalue weighted by atomic mass is 28.4. The van der Waals surface area contributed by atoms with Gasteiger partial charge in [0.15, 0.2) is 16.6 Å². The maximum atomic E-state index is 13.5. The van der Waals surface area contributed by atoms with Crippen molar-refractivity contribution in [2.45, 2.75) is 110 Å². The number of β-lactam (4-membered cyclic amide) rings is 1. The molecule has 0 aliphatic carbocycles. The van der Waals surface area contributed by atoms with E-state index in [0.717, 1.165) is 6.42 Å². The fourth-order valence-electron chi connectivity index (χ4n) is 3.44. The van der Waals surface area contributed by atoms with Gasteiger partial charge in [-0.05, 0) is 43.4 Å². The maximum absolute atomic E-state index is 13.5. The summed E-state index contributed by atoms with van der Waals surface area (Å²) in [6.45, 7) is 30.9. The molecule has 0 aromatic carbocycles. The van der Waals surface area contributed by atoms with Crippen LogP contribution in [0.5, 0.6) is 0 Å². The van der Waals surface area contributed by atoms with Gasteiger partial charge in [0.05, 0.1) is 11.5 Å². The molecule has 152 valence electrons. The lowest BCUT2D eigenvalue weighted by Gasteiger charge is -2.65. The van der Waals surface area contributed by atoms with E-state index in [4.69, 9.17) is 4.43 Å². The Morgan fingerprint density at radius 2 is 1.62 bits per heavy atom. The molecule has 1 aliphatic rings. The summed E-state index contributed by atoms with van der Waals surface area (Å²) in [6, 6.07) is 0.188. The zero-order valence-electron chi connectivity index (χ0n) is 19.4. The zero-order chi connectivity index (χ0) is 20.9. The summed E-state index contributed by atoms with van der Waals surface area (Å²) in [5, 5.41) is 0.268. The molecule has 3 atom stereocenters. The SMILES string of the molecule is C=CCC1N([Si](C)(C)C(C)(C)C)C(=O)C1(C)C(C)O[Si](C)(C)C(C)(C)C. The van der Waals surface area contributed by atoms with Gasteiger partial charge < -0.3 is 8.99 Å². The monoisotopic (exact) mass is 397 g/mol. The van der Waals surface area contributed by atoms with Gasteiger partial charge in [-0.15, -0.1) is 6.58 Å². The van der Waals surface area contributed by atoms with E-state index in [1.807, 2.05) is 6.08 Å². The first kappa shape index (κ1) is 23.6. The van der Waals surface area contributed by atoms with Crippen LogP contribution in [0, 0.1) is 5.41 Å². The van der Waals surface area contributed by atoms with Gasteiger partial charge in [-0.2, -0.15) is 0 Å². The number of rotatable bonds is 6. The minimum atomic E-state index is -1.93. The smallest absolute Gasteiger partial charge is 0.225 e. The number of hydrogen-bond acceptors (Lipinski definition) is 2. The second-order valence-electron chi connectivity index (χ2n) is 11.3. The van der Waals surface area contributed by atoms with Crippen molar-refractivity contribution in [1.29, 1.82) is 0 Å². The zero-order valence-corrected chi connectivity index (χ0v) is 21.4. The van der Waals surface area contributed by atoms with E-state index in [0.29, 0.717) is 0 Å². The molecule has 3 unspecified atom stereocenters. The molecule has 0 spiro atoms. The molecule has 1 saturated heterocycles. The fraction of sp³-hybridized carbons (Fsp3) is 0.857. The average Bonchev–Trinajstić information content (AvgIpc) is 2.42. The Hall–Kier alpha value is -0.396. The lowest BCUT2D eigenvalue weighted by molar-refractivity contribution is -0.171. The molecule has 0 aromatic heterocycles. The standard InChI is InChI=1S/C21H43NO2Si2/c1-14-15-17-21(9,16(2)24-26(12,13)20(6,7)8)18(23)22(17)25(10,11)19(3,4)5/h14,16-17H,1,15H2,2-13H3. The number of carbonyl (C=O) groups excluding carboxylic acids is 1. The maximum Gasteiger partial charge on any atom is 0.225 e. The van der Waals surface area contributed by atoms with Crippen LogP contribution >= 0.6 is 0 Å². The third-order valence-electron chi connectivity index (χ3n) is 7.63. The highest BCUT2D eigenvalue weighted by Gasteiger charge is 2.65. The predicted octanol–water partition coefficient (Wildman–Crippen LogP) is 6.20. The van der Waals surface area contributed by atoms with Crippen molar-refractivity contribution in [1.82, 2.24) is 4.57 Å². The normalized spacial score (nSPS) is 26.5. The average molecular weight is 398 g/mol. The van der Waals surface area contributed by atoms with Crippen molar-refractivity contribution in [3.63, 3.8) is 0 Å². The molecule has 0 radical (unpaired) electrons. The Morgan fingerprint density at radius 3 is 1.96 bits per heavy atom. The highest BCUT2D eigenvalue weighted by Crippen LogP contribution is 2.53. The van der Waals surface area contributed by atoms with Gasteiger partial charge in [-0.1, -0.05) is 60.7 Å². The Balaban J connectivity index is 3.23. The summed E-state index contributed by atoms with van der Waals surface area (Å²) in [4.78, 5) is 13.5. The predicted molar refractivity (Wildman–Crippen MR) is 118 cm³/mol. The lowest BCUT2D eigenvalue weighted by Crippen LogP contribution is -2.79. The summed E-state index contributed by atoms with van der Waals surface area (Å²) in [6.07, 6.45) is 2.72. The molecule has 1 rings (SSSR count). The van der Waals surface area contributed by atoms with Gasteiger partial charge >= 0.3 is 0 Å². The first-order valence-corrected chi connectivity index (χ1v) is 15.8. The topological polar surface area (TPSA) is 29.5 Å². The highest BCUT2D eigenvalue weighted by molar-refractivity contribution is 6.80. The van der Waals surface area contributed by atoms with Crippen molar-refractivity contribution in [2.75, 3.05) is 0 Å². The Morgan fingerprint density at radius 1 is 1.15 bits per heavy atom. The number of hydrogen-bond donors (Lipinski definition) is 0. The van der Waals surface area contributed by atoms with Crippen LogP contribution in [0.2, 0.25) is 36.3 Å². The van der Waals surface area contributed by atoms with E-state index in [-0.39, 0.29) is 28.1 Å². The summed E-state index contributed by atoms with van der Waals surface area (Å²) >= 11 is 0. The molecule has 1 heterocycles. The van der Waals surface area contributed by atoms with Crippen LogP contribution in [0.25, 0.3) is 0 Å². The van der Waals surface area contributed by atoms with Crippen LogP contribution < -0.4 is 0 Å². The second-order valence-corrected chi connectivity index (χ2v) is 21.2. The third kappa shape index (κ3) is 3.63. The largest absolute Gasteiger partial charge is 0.413 e. The molecule has 0 aromatic rings. The van der Waals surface area contributed by atoms with Crippen LogP contribution in [0.15, 0.2) is 12.7 Å². The Kier molecular flexibility index (Phi) is 6.27. The first-order valence-electron chi connectivity index (χ1n) is 9.98. The Bertz CT molecular complexity index is 557. The number of amides is 1. The van der Waals surface area contributed by atoms with E-state index in [1.165, 1.54) is 0 Å². The van der Waals surface area contributed by atoms with E-state index >= 15 is 0 Å². The summed E-state index contributed by atoms with van der Waals surface area (Å²) < 4.78 is 8.91. The summed E-state index contributed by atoms with van der Waals surface area (Å²) in [5.41, 5.74) is -0.459. The number of nitrogens with zero attached hydrogens (tertiary/aromatic N) is 1. The van der Waals surface area contributed by atoms with Gasteiger partial charge in [0.2, 0.25) is 5.91 Å². The molecular formula is C21H43NO2Si2. The molecule has 5 heteroatoms. The van der Waals surface area contributed by atoms with Gasteiger partial charge in [0.25, 0.3) is 0 Å². The summed E-state index contributed by atoms with van der Waals surface area (Å²) in [7, 11) is -3.86. The van der Waals surface area contributed by atoms with E-state index in [2.05, 4.69) is 92.7 Å². The van der Waals surface area contributed by atoms with Crippen molar-refractivity contribution in [3.05, 3.63) is 12.7 Å². The molecule has 1 fully saturated rings. The van der Waals surface area contributed by atoms with Gasteiger partial charge in [-0.3, -0.25) is 4.79 Å².